The van der Waals surface area contributed by atoms with Crippen molar-refractivity contribution in [2.45, 2.75) is 13.8 Å². The molecule has 2 aromatic carbocycles. The summed E-state index contributed by atoms with van der Waals surface area (Å²) in [6, 6.07) is 13.8. The number of carbonyl (C=O) groups is 2. The van der Waals surface area contributed by atoms with Crippen molar-refractivity contribution in [1.29, 1.82) is 0 Å². The number of aryl methyl sites for hydroxylation is 2. The van der Waals surface area contributed by atoms with E-state index < -0.39 is 0 Å². The molecule has 0 aliphatic carbocycles. The van der Waals surface area contributed by atoms with Crippen LogP contribution in [0, 0.1) is 13.8 Å². The Hall–Kier alpha value is -2.93. The maximum atomic E-state index is 12.4. The Morgan fingerprint density at radius 3 is 1.96 bits per heavy atom. The van der Waals surface area contributed by atoms with E-state index >= 15 is 0 Å². The predicted molar refractivity (Wildman–Crippen MR) is 105 cm³/mol. The lowest BCUT2D eigenvalue weighted by Gasteiger charge is -2.08. The van der Waals surface area contributed by atoms with Crippen LogP contribution in [0.5, 0.6) is 0 Å². The van der Waals surface area contributed by atoms with Gasteiger partial charge in [0.15, 0.2) is 0 Å². The SMILES string of the molecule is Cc1n[nH]c(C)c1NC(=O)c1ccc(NC(=O)c2ccc(Br)cc2)cc1. The molecule has 6 nitrogen and oxygen atoms in total. The van der Waals surface area contributed by atoms with Crippen molar-refractivity contribution >= 4 is 39.1 Å². The standard InChI is InChI=1S/C19H17BrN4O2/c1-11-17(12(2)24-23-11)22-19(26)14-5-9-16(10-6-14)21-18(25)13-3-7-15(20)8-4-13/h3-10H,1-2H3,(H,21,25)(H,22,26)(H,23,24). The third-order valence-electron chi connectivity index (χ3n) is 3.88. The summed E-state index contributed by atoms with van der Waals surface area (Å²) in [7, 11) is 0. The van der Waals surface area contributed by atoms with Crippen molar-refractivity contribution in [1.82, 2.24) is 10.2 Å². The quantitative estimate of drug-likeness (QED) is 0.596. The Labute approximate surface area is 159 Å². The average Bonchev–Trinajstić information content (AvgIpc) is 2.94. The smallest absolute Gasteiger partial charge is 0.255 e. The highest BCUT2D eigenvalue weighted by Gasteiger charge is 2.12. The first-order valence-corrected chi connectivity index (χ1v) is 8.73. The maximum Gasteiger partial charge on any atom is 0.255 e. The Morgan fingerprint density at radius 1 is 0.885 bits per heavy atom. The Morgan fingerprint density at radius 2 is 1.42 bits per heavy atom. The van der Waals surface area contributed by atoms with Crippen LogP contribution in [-0.2, 0) is 0 Å². The van der Waals surface area contributed by atoms with Gasteiger partial charge in [-0.3, -0.25) is 14.7 Å². The summed E-state index contributed by atoms with van der Waals surface area (Å²) in [4.78, 5) is 24.6. The second-order valence-electron chi connectivity index (χ2n) is 5.80. The molecule has 7 heteroatoms. The molecule has 1 heterocycles. The second kappa shape index (κ2) is 7.53. The lowest BCUT2D eigenvalue weighted by atomic mass is 10.1. The van der Waals surface area contributed by atoms with Gasteiger partial charge < -0.3 is 10.6 Å². The van der Waals surface area contributed by atoms with Gasteiger partial charge in [0.25, 0.3) is 11.8 Å². The molecular formula is C19H17BrN4O2. The highest BCUT2D eigenvalue weighted by Crippen LogP contribution is 2.18. The van der Waals surface area contributed by atoms with Gasteiger partial charge in [-0.1, -0.05) is 15.9 Å². The molecule has 3 aromatic rings. The van der Waals surface area contributed by atoms with Gasteiger partial charge >= 0.3 is 0 Å². The number of nitrogens with zero attached hydrogens (tertiary/aromatic N) is 1. The molecule has 0 saturated heterocycles. The molecule has 0 spiro atoms. The highest BCUT2D eigenvalue weighted by molar-refractivity contribution is 9.10. The summed E-state index contributed by atoms with van der Waals surface area (Å²) in [5, 5.41) is 12.5. The first kappa shape index (κ1) is 17.9. The molecule has 0 atom stereocenters. The number of hydrogen-bond acceptors (Lipinski definition) is 3. The molecule has 0 aliphatic heterocycles. The number of benzene rings is 2. The van der Waals surface area contributed by atoms with Gasteiger partial charge in [-0.25, -0.2) is 0 Å². The van der Waals surface area contributed by atoms with Gasteiger partial charge in [-0.15, -0.1) is 0 Å². The van der Waals surface area contributed by atoms with E-state index in [2.05, 4.69) is 36.8 Å². The minimum absolute atomic E-state index is 0.209. The van der Waals surface area contributed by atoms with E-state index in [1.165, 1.54) is 0 Å². The van der Waals surface area contributed by atoms with Crippen molar-refractivity contribution < 1.29 is 9.59 Å². The molecule has 2 amide bonds. The number of anilines is 2. The number of amides is 2. The van der Waals surface area contributed by atoms with Crippen LogP contribution >= 0.6 is 15.9 Å². The van der Waals surface area contributed by atoms with E-state index in [0.717, 1.165) is 15.9 Å². The number of nitrogens with one attached hydrogen (secondary N) is 3. The van der Waals surface area contributed by atoms with E-state index in [-0.39, 0.29) is 11.8 Å². The second-order valence-corrected chi connectivity index (χ2v) is 6.72. The Kier molecular flexibility index (Phi) is 5.18. The first-order valence-electron chi connectivity index (χ1n) is 7.94. The van der Waals surface area contributed by atoms with Crippen molar-refractivity contribution in [2.75, 3.05) is 10.6 Å². The summed E-state index contributed by atoms with van der Waals surface area (Å²) in [5.74, 6) is -0.442. The zero-order valence-electron chi connectivity index (χ0n) is 14.3. The van der Waals surface area contributed by atoms with E-state index in [0.29, 0.717) is 22.5 Å². The molecule has 1 aromatic heterocycles. The van der Waals surface area contributed by atoms with E-state index in [4.69, 9.17) is 0 Å². The Balaban J connectivity index is 1.67. The number of carbonyl (C=O) groups excluding carboxylic acids is 2. The van der Waals surface area contributed by atoms with Gasteiger partial charge in [0, 0.05) is 21.3 Å². The number of halogens is 1. The minimum atomic E-state index is -0.233. The number of H-pyrrole nitrogens is 1. The molecule has 0 unspecified atom stereocenters. The maximum absolute atomic E-state index is 12.4. The number of rotatable bonds is 4. The van der Waals surface area contributed by atoms with Gasteiger partial charge in [0.1, 0.15) is 0 Å². The summed E-state index contributed by atoms with van der Waals surface area (Å²) >= 11 is 3.34. The van der Waals surface area contributed by atoms with Crippen LogP contribution in [0.1, 0.15) is 32.1 Å². The molecule has 0 radical (unpaired) electrons. The number of aromatic amines is 1. The molecule has 0 bridgehead atoms. The minimum Gasteiger partial charge on any atom is -0.322 e. The fourth-order valence-corrected chi connectivity index (χ4v) is 2.69. The van der Waals surface area contributed by atoms with Crippen LogP contribution in [0.15, 0.2) is 53.0 Å². The van der Waals surface area contributed by atoms with Crippen LogP contribution in [0.3, 0.4) is 0 Å². The van der Waals surface area contributed by atoms with Crippen molar-refractivity contribution in [3.63, 3.8) is 0 Å². The zero-order chi connectivity index (χ0) is 18.7. The molecule has 3 rings (SSSR count). The zero-order valence-corrected chi connectivity index (χ0v) is 15.8. The van der Waals surface area contributed by atoms with E-state index in [1.807, 2.05) is 26.0 Å². The van der Waals surface area contributed by atoms with Gasteiger partial charge in [0.2, 0.25) is 0 Å². The molecule has 26 heavy (non-hydrogen) atoms. The molecule has 0 fully saturated rings. The van der Waals surface area contributed by atoms with Crippen LogP contribution < -0.4 is 10.6 Å². The van der Waals surface area contributed by atoms with E-state index in [1.54, 1.807) is 36.4 Å². The predicted octanol–water partition coefficient (Wildman–Crippen LogP) is 4.29. The monoisotopic (exact) mass is 412 g/mol. The highest BCUT2D eigenvalue weighted by atomic mass is 79.9. The molecule has 132 valence electrons. The summed E-state index contributed by atoms with van der Waals surface area (Å²) in [6.07, 6.45) is 0. The van der Waals surface area contributed by atoms with Crippen LogP contribution in [0.4, 0.5) is 11.4 Å². The molecule has 3 N–H and O–H groups in total. The lowest BCUT2D eigenvalue weighted by molar-refractivity contribution is 0.102. The molecular weight excluding hydrogens is 396 g/mol. The summed E-state index contributed by atoms with van der Waals surface area (Å²) < 4.78 is 0.910. The van der Waals surface area contributed by atoms with Crippen molar-refractivity contribution in [3.8, 4) is 0 Å². The third kappa shape index (κ3) is 4.00. The van der Waals surface area contributed by atoms with Gasteiger partial charge in [-0.05, 0) is 62.4 Å². The third-order valence-corrected chi connectivity index (χ3v) is 4.41. The number of aromatic nitrogens is 2. The normalized spacial score (nSPS) is 10.4. The molecule has 0 aliphatic rings. The van der Waals surface area contributed by atoms with E-state index in [9.17, 15) is 9.59 Å². The van der Waals surface area contributed by atoms with Gasteiger partial charge in [0.05, 0.1) is 17.1 Å². The Bertz CT molecular complexity index is 927. The molecule has 0 saturated carbocycles. The fourth-order valence-electron chi connectivity index (χ4n) is 2.43. The van der Waals surface area contributed by atoms with Crippen LogP contribution in [0.2, 0.25) is 0 Å². The summed E-state index contributed by atoms with van der Waals surface area (Å²) in [5.41, 5.74) is 3.88. The van der Waals surface area contributed by atoms with Gasteiger partial charge in [-0.2, -0.15) is 5.10 Å². The lowest BCUT2D eigenvalue weighted by Crippen LogP contribution is -2.14. The van der Waals surface area contributed by atoms with Crippen LogP contribution in [0.25, 0.3) is 0 Å². The fraction of sp³-hybridized carbons (Fsp3) is 0.105. The summed E-state index contributed by atoms with van der Waals surface area (Å²) in [6.45, 7) is 3.66. The topological polar surface area (TPSA) is 86.9 Å². The van der Waals surface area contributed by atoms with Crippen LogP contribution in [-0.4, -0.2) is 22.0 Å². The first-order chi connectivity index (χ1) is 12.4. The van der Waals surface area contributed by atoms with Crippen molar-refractivity contribution in [2.24, 2.45) is 0 Å². The van der Waals surface area contributed by atoms with Crippen molar-refractivity contribution in [3.05, 3.63) is 75.5 Å². The number of hydrogen-bond donors (Lipinski definition) is 3. The largest absolute Gasteiger partial charge is 0.322 e. The average molecular weight is 413 g/mol.